The topological polar surface area (TPSA) is 9.23 Å². The summed E-state index contributed by atoms with van der Waals surface area (Å²) < 4.78 is 18.6. The number of hydrogen-bond acceptors (Lipinski definition) is 1. The fourth-order valence-corrected chi connectivity index (χ4v) is 1.72. The second-order valence-corrected chi connectivity index (χ2v) is 3.74. The third kappa shape index (κ3) is 2.02. The maximum atomic E-state index is 13.5. The number of rotatable bonds is 2. The van der Waals surface area contributed by atoms with Crippen molar-refractivity contribution in [1.82, 2.24) is 0 Å². The second-order valence-electron chi connectivity index (χ2n) is 3.33. The molecule has 0 bridgehead atoms. The van der Waals surface area contributed by atoms with Gasteiger partial charge in [0.05, 0.1) is 12.1 Å². The molecule has 2 aromatic rings. The van der Waals surface area contributed by atoms with Gasteiger partial charge in [-0.2, -0.15) is 0 Å². The molecule has 0 radical (unpaired) electrons. The van der Waals surface area contributed by atoms with Crippen LogP contribution in [-0.4, -0.2) is 7.11 Å². The van der Waals surface area contributed by atoms with E-state index < -0.39 is 0 Å². The van der Waals surface area contributed by atoms with E-state index in [1.807, 2.05) is 0 Å². The van der Waals surface area contributed by atoms with Crippen LogP contribution in [0.15, 0.2) is 42.5 Å². The van der Waals surface area contributed by atoms with Crippen LogP contribution in [0.2, 0.25) is 5.02 Å². The van der Waals surface area contributed by atoms with E-state index in [4.69, 9.17) is 16.3 Å². The Morgan fingerprint density at radius 1 is 1.12 bits per heavy atom. The van der Waals surface area contributed by atoms with Crippen molar-refractivity contribution in [3.63, 3.8) is 0 Å². The molecule has 0 spiro atoms. The number of benzene rings is 2. The zero-order valence-corrected chi connectivity index (χ0v) is 9.46. The zero-order valence-electron chi connectivity index (χ0n) is 8.71. The normalized spacial score (nSPS) is 10.2. The van der Waals surface area contributed by atoms with E-state index >= 15 is 0 Å². The zero-order chi connectivity index (χ0) is 11.5. The van der Waals surface area contributed by atoms with Gasteiger partial charge in [-0.1, -0.05) is 35.9 Å². The van der Waals surface area contributed by atoms with Crippen molar-refractivity contribution in [3.8, 4) is 16.9 Å². The highest BCUT2D eigenvalue weighted by Gasteiger charge is 2.07. The number of methoxy groups -OCH3 is 1. The molecule has 0 aliphatic rings. The smallest absolute Gasteiger partial charge is 0.138 e. The van der Waals surface area contributed by atoms with E-state index in [1.54, 1.807) is 36.4 Å². The second kappa shape index (κ2) is 4.54. The average Bonchev–Trinajstić information content (AvgIpc) is 2.31. The van der Waals surface area contributed by atoms with Crippen LogP contribution in [0.3, 0.4) is 0 Å². The summed E-state index contributed by atoms with van der Waals surface area (Å²) in [6, 6.07) is 11.8. The van der Waals surface area contributed by atoms with Gasteiger partial charge in [-0.15, -0.1) is 0 Å². The number of halogens is 2. The first-order chi connectivity index (χ1) is 7.72. The van der Waals surface area contributed by atoms with Crippen molar-refractivity contribution in [1.29, 1.82) is 0 Å². The summed E-state index contributed by atoms with van der Waals surface area (Å²) in [5, 5.41) is 0.516. The van der Waals surface area contributed by atoms with Crippen LogP contribution in [0.25, 0.3) is 11.1 Å². The Morgan fingerprint density at radius 3 is 2.56 bits per heavy atom. The maximum absolute atomic E-state index is 13.5. The van der Waals surface area contributed by atoms with Crippen molar-refractivity contribution in [2.24, 2.45) is 0 Å². The minimum Gasteiger partial charge on any atom is -0.495 e. The molecule has 0 atom stereocenters. The molecule has 0 fully saturated rings. The molecule has 0 N–H and O–H groups in total. The molecule has 0 unspecified atom stereocenters. The lowest BCUT2D eigenvalue weighted by molar-refractivity contribution is 0.415. The molecule has 0 aromatic heterocycles. The molecule has 3 heteroatoms. The van der Waals surface area contributed by atoms with Gasteiger partial charge in [-0.3, -0.25) is 0 Å². The standard InChI is InChI=1S/C13H10ClFO/c1-16-13-8-9(6-7-11(13)14)10-4-2-3-5-12(10)15/h2-8H,1H3. The van der Waals surface area contributed by atoms with Gasteiger partial charge in [0.2, 0.25) is 0 Å². The van der Waals surface area contributed by atoms with Crippen molar-refractivity contribution < 1.29 is 9.13 Å². The van der Waals surface area contributed by atoms with E-state index in [9.17, 15) is 4.39 Å². The molecule has 0 amide bonds. The van der Waals surface area contributed by atoms with Crippen LogP contribution in [0.1, 0.15) is 0 Å². The Morgan fingerprint density at radius 2 is 1.88 bits per heavy atom. The first-order valence-corrected chi connectivity index (χ1v) is 5.18. The molecule has 0 saturated carbocycles. The first kappa shape index (κ1) is 11.0. The van der Waals surface area contributed by atoms with Crippen LogP contribution < -0.4 is 4.74 Å². The van der Waals surface area contributed by atoms with E-state index in [-0.39, 0.29) is 5.82 Å². The van der Waals surface area contributed by atoms with Crippen LogP contribution in [0.5, 0.6) is 5.75 Å². The minimum atomic E-state index is -0.258. The van der Waals surface area contributed by atoms with E-state index in [0.29, 0.717) is 16.3 Å². The summed E-state index contributed by atoms with van der Waals surface area (Å²) in [6.07, 6.45) is 0. The number of ether oxygens (including phenoxy) is 1. The van der Waals surface area contributed by atoms with Gasteiger partial charge in [0.25, 0.3) is 0 Å². The van der Waals surface area contributed by atoms with E-state index in [0.717, 1.165) is 5.56 Å². The van der Waals surface area contributed by atoms with Gasteiger partial charge in [-0.25, -0.2) is 4.39 Å². The predicted molar refractivity (Wildman–Crippen MR) is 63.4 cm³/mol. The summed E-state index contributed by atoms with van der Waals surface area (Å²) in [5.74, 6) is 0.286. The molecular formula is C13H10ClFO. The molecule has 0 aliphatic heterocycles. The third-order valence-corrected chi connectivity index (χ3v) is 2.65. The number of hydrogen-bond donors (Lipinski definition) is 0. The monoisotopic (exact) mass is 236 g/mol. The maximum Gasteiger partial charge on any atom is 0.138 e. The molecular weight excluding hydrogens is 227 g/mol. The predicted octanol–water partition coefficient (Wildman–Crippen LogP) is 4.15. The fourth-order valence-electron chi connectivity index (χ4n) is 1.52. The molecule has 82 valence electrons. The van der Waals surface area contributed by atoms with Gasteiger partial charge in [0, 0.05) is 5.56 Å². The van der Waals surface area contributed by atoms with Gasteiger partial charge in [-0.05, 0) is 23.8 Å². The third-order valence-electron chi connectivity index (χ3n) is 2.34. The lowest BCUT2D eigenvalue weighted by Crippen LogP contribution is -1.87. The lowest BCUT2D eigenvalue weighted by atomic mass is 10.1. The Kier molecular flexibility index (Phi) is 3.11. The molecule has 0 saturated heterocycles. The Hall–Kier alpha value is -1.54. The van der Waals surface area contributed by atoms with Crippen LogP contribution in [-0.2, 0) is 0 Å². The molecule has 1 nitrogen and oxygen atoms in total. The highest BCUT2D eigenvalue weighted by molar-refractivity contribution is 6.32. The average molecular weight is 237 g/mol. The van der Waals surface area contributed by atoms with Crippen LogP contribution in [0.4, 0.5) is 4.39 Å². The van der Waals surface area contributed by atoms with Gasteiger partial charge in [0.1, 0.15) is 11.6 Å². The molecule has 0 heterocycles. The van der Waals surface area contributed by atoms with Gasteiger partial charge >= 0.3 is 0 Å². The summed E-state index contributed by atoms with van der Waals surface area (Å²) in [5.41, 5.74) is 1.29. The van der Waals surface area contributed by atoms with E-state index in [2.05, 4.69) is 0 Å². The quantitative estimate of drug-likeness (QED) is 0.761. The van der Waals surface area contributed by atoms with Crippen LogP contribution in [0, 0.1) is 5.82 Å². The molecule has 0 aliphatic carbocycles. The Bertz CT molecular complexity index is 511. The van der Waals surface area contributed by atoms with Crippen LogP contribution >= 0.6 is 11.6 Å². The Balaban J connectivity index is 2.53. The Labute approximate surface area is 98.4 Å². The molecule has 2 rings (SSSR count). The van der Waals surface area contributed by atoms with Crippen molar-refractivity contribution in [2.75, 3.05) is 7.11 Å². The summed E-state index contributed by atoms with van der Waals surface area (Å²) >= 11 is 5.90. The molecule has 2 aromatic carbocycles. The minimum absolute atomic E-state index is 0.258. The van der Waals surface area contributed by atoms with Gasteiger partial charge in [0.15, 0.2) is 0 Å². The highest BCUT2D eigenvalue weighted by atomic mass is 35.5. The van der Waals surface area contributed by atoms with Gasteiger partial charge < -0.3 is 4.74 Å². The van der Waals surface area contributed by atoms with Crippen molar-refractivity contribution in [2.45, 2.75) is 0 Å². The first-order valence-electron chi connectivity index (χ1n) is 4.81. The van der Waals surface area contributed by atoms with Crippen molar-refractivity contribution >= 4 is 11.6 Å². The molecule has 16 heavy (non-hydrogen) atoms. The van der Waals surface area contributed by atoms with E-state index in [1.165, 1.54) is 13.2 Å². The fraction of sp³-hybridized carbons (Fsp3) is 0.0769. The highest BCUT2D eigenvalue weighted by Crippen LogP contribution is 2.31. The summed E-state index contributed by atoms with van der Waals surface area (Å²) in [6.45, 7) is 0. The SMILES string of the molecule is COc1cc(-c2ccccc2F)ccc1Cl. The summed E-state index contributed by atoms with van der Waals surface area (Å²) in [4.78, 5) is 0. The largest absolute Gasteiger partial charge is 0.495 e. The summed E-state index contributed by atoms with van der Waals surface area (Å²) in [7, 11) is 1.53. The lowest BCUT2D eigenvalue weighted by Gasteiger charge is -2.07. The van der Waals surface area contributed by atoms with Crippen molar-refractivity contribution in [3.05, 3.63) is 53.3 Å².